The first-order chi connectivity index (χ1) is 12.8. The molecule has 0 amide bonds. The van der Waals surface area contributed by atoms with Gasteiger partial charge in [0.25, 0.3) is 0 Å². The third kappa shape index (κ3) is 3.36. The molecular weight excluding hydrogens is 370 g/mol. The first kappa shape index (κ1) is 17.8. The summed E-state index contributed by atoms with van der Waals surface area (Å²) in [7, 11) is -1.83. The van der Waals surface area contributed by atoms with Crippen LogP contribution in [0.5, 0.6) is 0 Å². The summed E-state index contributed by atoms with van der Waals surface area (Å²) in [6.07, 6.45) is -0.0606. The molecular formula is C18H19N3O5S. The molecule has 4 rings (SSSR count). The van der Waals surface area contributed by atoms with Gasteiger partial charge in [-0.1, -0.05) is 12.1 Å². The molecule has 142 valence electrons. The van der Waals surface area contributed by atoms with Gasteiger partial charge in [0.15, 0.2) is 5.58 Å². The predicted molar refractivity (Wildman–Crippen MR) is 100 cm³/mol. The second kappa shape index (κ2) is 6.52. The molecule has 8 nitrogen and oxygen atoms in total. The molecule has 1 unspecified atom stereocenters. The summed E-state index contributed by atoms with van der Waals surface area (Å²) in [5.41, 5.74) is 3.52. The standard InChI is InChI=1S/C18H19N3O5S/c1-21-7-6-11-8-12(2-4-15(11)21)16(22)10-19-27(24,25)13-3-5-17-14(9-13)20-18(23)26-17/h2-5,8-9,16,19,22H,6-7,10H2,1H3,(H,20,23). The average molecular weight is 389 g/mol. The SMILES string of the molecule is CN1CCc2cc(C(O)CNS(=O)(=O)c3ccc4oc(=O)[nH]c4c3)ccc21. The van der Waals surface area contributed by atoms with Gasteiger partial charge in [-0.25, -0.2) is 17.9 Å². The fourth-order valence-corrected chi connectivity index (χ4v) is 4.35. The maximum absolute atomic E-state index is 12.5. The van der Waals surface area contributed by atoms with Crippen molar-refractivity contribution in [3.63, 3.8) is 0 Å². The number of hydrogen-bond donors (Lipinski definition) is 3. The van der Waals surface area contributed by atoms with Gasteiger partial charge in [0.1, 0.15) is 0 Å². The quantitative estimate of drug-likeness (QED) is 0.602. The molecule has 0 fully saturated rings. The van der Waals surface area contributed by atoms with Gasteiger partial charge >= 0.3 is 5.76 Å². The van der Waals surface area contributed by atoms with Gasteiger partial charge in [0.05, 0.1) is 16.5 Å². The lowest BCUT2D eigenvalue weighted by molar-refractivity contribution is 0.182. The van der Waals surface area contributed by atoms with Crippen LogP contribution in [0.3, 0.4) is 0 Å². The number of H-pyrrole nitrogens is 1. The van der Waals surface area contributed by atoms with Crippen molar-refractivity contribution in [2.75, 3.05) is 25.0 Å². The number of aliphatic hydroxyl groups is 1. The van der Waals surface area contributed by atoms with Gasteiger partial charge < -0.3 is 14.4 Å². The van der Waals surface area contributed by atoms with Crippen LogP contribution in [0.1, 0.15) is 17.2 Å². The highest BCUT2D eigenvalue weighted by molar-refractivity contribution is 7.89. The van der Waals surface area contributed by atoms with E-state index >= 15 is 0 Å². The number of likely N-dealkylation sites (N-methyl/N-ethyl adjacent to an activating group) is 1. The zero-order valence-corrected chi connectivity index (χ0v) is 15.4. The van der Waals surface area contributed by atoms with Gasteiger partial charge in [-0.05, 0) is 41.8 Å². The van der Waals surface area contributed by atoms with Crippen LogP contribution >= 0.6 is 0 Å². The van der Waals surface area contributed by atoms with Crippen LogP contribution in [-0.2, 0) is 16.4 Å². The topological polar surface area (TPSA) is 116 Å². The summed E-state index contributed by atoms with van der Waals surface area (Å²) in [4.78, 5) is 15.7. The van der Waals surface area contributed by atoms with Crippen LogP contribution < -0.4 is 15.4 Å². The molecule has 0 spiro atoms. The van der Waals surface area contributed by atoms with Gasteiger partial charge in [0, 0.05) is 25.8 Å². The van der Waals surface area contributed by atoms with Crippen molar-refractivity contribution in [3.8, 4) is 0 Å². The molecule has 27 heavy (non-hydrogen) atoms. The Morgan fingerprint density at radius 1 is 1.30 bits per heavy atom. The van der Waals surface area contributed by atoms with Crippen LogP contribution in [-0.4, -0.2) is 38.6 Å². The minimum atomic E-state index is -3.85. The minimum absolute atomic E-state index is 0.0187. The monoisotopic (exact) mass is 389 g/mol. The number of fused-ring (bicyclic) bond motifs is 2. The van der Waals surface area contributed by atoms with Gasteiger partial charge in [-0.3, -0.25) is 4.98 Å². The summed E-state index contributed by atoms with van der Waals surface area (Å²) >= 11 is 0. The first-order valence-corrected chi connectivity index (χ1v) is 9.96. The van der Waals surface area contributed by atoms with Crippen molar-refractivity contribution >= 4 is 26.8 Å². The van der Waals surface area contributed by atoms with Crippen LogP contribution in [0.4, 0.5) is 5.69 Å². The molecule has 3 N–H and O–H groups in total. The maximum atomic E-state index is 12.5. The molecule has 0 saturated carbocycles. The summed E-state index contributed by atoms with van der Waals surface area (Å²) in [5.74, 6) is -0.648. The number of rotatable bonds is 5. The molecule has 1 atom stereocenters. The molecule has 0 radical (unpaired) electrons. The molecule has 0 bridgehead atoms. The van der Waals surface area contributed by atoms with E-state index in [1.165, 1.54) is 18.2 Å². The molecule has 3 aromatic rings. The first-order valence-electron chi connectivity index (χ1n) is 8.48. The smallest absolute Gasteiger partial charge is 0.408 e. The van der Waals surface area contributed by atoms with Gasteiger partial charge in [0.2, 0.25) is 10.0 Å². The van der Waals surface area contributed by atoms with E-state index in [2.05, 4.69) is 14.6 Å². The average Bonchev–Trinajstić information content (AvgIpc) is 3.20. The number of sulfonamides is 1. The molecule has 0 aliphatic carbocycles. The zero-order valence-electron chi connectivity index (χ0n) is 14.6. The summed E-state index contributed by atoms with van der Waals surface area (Å²) in [6, 6.07) is 9.75. The van der Waals surface area contributed by atoms with Gasteiger partial charge in [-0.15, -0.1) is 0 Å². The van der Waals surface area contributed by atoms with E-state index in [9.17, 15) is 18.3 Å². The van der Waals surface area contributed by atoms with E-state index in [0.717, 1.165) is 24.2 Å². The second-order valence-corrected chi connectivity index (χ2v) is 8.37. The number of nitrogens with one attached hydrogen (secondary N) is 2. The Morgan fingerprint density at radius 2 is 2.11 bits per heavy atom. The van der Waals surface area contributed by atoms with E-state index in [-0.39, 0.29) is 17.0 Å². The number of anilines is 1. The van der Waals surface area contributed by atoms with E-state index in [4.69, 9.17) is 4.42 Å². The number of aliphatic hydroxyl groups excluding tert-OH is 1. The maximum Gasteiger partial charge on any atom is 0.417 e. The van der Waals surface area contributed by atoms with E-state index in [0.29, 0.717) is 11.1 Å². The third-order valence-corrected chi connectivity index (χ3v) is 6.20. The number of hydrogen-bond acceptors (Lipinski definition) is 6. The molecule has 1 aromatic heterocycles. The fourth-order valence-electron chi connectivity index (χ4n) is 3.28. The Morgan fingerprint density at radius 3 is 2.93 bits per heavy atom. The Labute approximate surface area is 155 Å². The zero-order chi connectivity index (χ0) is 19.2. The Bertz CT molecular complexity index is 1170. The fraction of sp³-hybridized carbons (Fsp3) is 0.278. The molecule has 9 heteroatoms. The minimum Gasteiger partial charge on any atom is -0.408 e. The van der Waals surface area contributed by atoms with Crippen molar-refractivity contribution in [1.29, 1.82) is 0 Å². The lowest BCUT2D eigenvalue weighted by atomic mass is 10.0. The molecule has 2 aromatic carbocycles. The normalized spacial score (nSPS) is 15.3. The van der Waals surface area contributed by atoms with Crippen molar-refractivity contribution < 1.29 is 17.9 Å². The third-order valence-electron chi connectivity index (χ3n) is 4.78. The predicted octanol–water partition coefficient (Wildman–Crippen LogP) is 1.13. The van der Waals surface area contributed by atoms with Gasteiger partial charge in [-0.2, -0.15) is 0 Å². The number of nitrogens with zero attached hydrogens (tertiary/aromatic N) is 1. The number of oxazole rings is 1. The number of aromatic amines is 1. The Balaban J connectivity index is 1.50. The Hall–Kier alpha value is -2.62. The highest BCUT2D eigenvalue weighted by Gasteiger charge is 2.20. The van der Waals surface area contributed by atoms with Crippen LogP contribution in [0.15, 0.2) is 50.5 Å². The van der Waals surface area contributed by atoms with Crippen LogP contribution in [0.25, 0.3) is 11.1 Å². The number of benzene rings is 2. The number of aromatic nitrogens is 1. The van der Waals surface area contributed by atoms with Crippen LogP contribution in [0.2, 0.25) is 0 Å². The van der Waals surface area contributed by atoms with E-state index in [1.807, 2.05) is 25.2 Å². The lowest BCUT2D eigenvalue weighted by Gasteiger charge is -2.15. The van der Waals surface area contributed by atoms with Crippen molar-refractivity contribution in [3.05, 3.63) is 58.1 Å². The molecule has 1 aliphatic heterocycles. The van der Waals surface area contributed by atoms with Crippen molar-refractivity contribution in [2.24, 2.45) is 0 Å². The molecule has 2 heterocycles. The Kier molecular flexibility index (Phi) is 4.29. The van der Waals surface area contributed by atoms with E-state index < -0.39 is 21.9 Å². The summed E-state index contributed by atoms with van der Waals surface area (Å²) in [5, 5.41) is 10.4. The molecule has 0 saturated heterocycles. The van der Waals surface area contributed by atoms with E-state index in [1.54, 1.807) is 0 Å². The highest BCUT2D eigenvalue weighted by atomic mass is 32.2. The van der Waals surface area contributed by atoms with Crippen molar-refractivity contribution in [1.82, 2.24) is 9.71 Å². The second-order valence-electron chi connectivity index (χ2n) is 6.60. The lowest BCUT2D eigenvalue weighted by Crippen LogP contribution is -2.28. The molecule has 1 aliphatic rings. The summed E-state index contributed by atoms with van der Waals surface area (Å²) in [6.45, 7) is 0.775. The largest absolute Gasteiger partial charge is 0.417 e. The highest BCUT2D eigenvalue weighted by Crippen LogP contribution is 2.29. The van der Waals surface area contributed by atoms with Crippen LogP contribution in [0, 0.1) is 0 Å². The van der Waals surface area contributed by atoms with Crippen molar-refractivity contribution in [2.45, 2.75) is 17.4 Å². The summed E-state index contributed by atoms with van der Waals surface area (Å²) < 4.78 is 32.3.